The summed E-state index contributed by atoms with van der Waals surface area (Å²) in [5.41, 5.74) is 0.670. The Labute approximate surface area is 168 Å². The summed E-state index contributed by atoms with van der Waals surface area (Å²) in [6.45, 7) is 3.68. The lowest BCUT2D eigenvalue weighted by molar-refractivity contribution is -0.141. The molecule has 1 atom stereocenters. The summed E-state index contributed by atoms with van der Waals surface area (Å²) in [5, 5.41) is 14.3. The average molecular weight is 398 g/mol. The predicted octanol–water partition coefficient (Wildman–Crippen LogP) is 3.21. The van der Waals surface area contributed by atoms with E-state index in [1.165, 1.54) is 30.3 Å². The van der Waals surface area contributed by atoms with Crippen LogP contribution in [0.25, 0.3) is 6.08 Å². The van der Waals surface area contributed by atoms with Crippen molar-refractivity contribution in [2.24, 2.45) is 5.92 Å². The fourth-order valence-corrected chi connectivity index (χ4v) is 2.60. The van der Waals surface area contributed by atoms with Gasteiger partial charge in [0.2, 0.25) is 0 Å². The molecule has 2 aromatic rings. The van der Waals surface area contributed by atoms with Crippen LogP contribution in [-0.2, 0) is 9.59 Å². The van der Waals surface area contributed by atoms with Gasteiger partial charge in [-0.1, -0.05) is 44.2 Å². The van der Waals surface area contributed by atoms with Gasteiger partial charge >= 0.3 is 5.97 Å². The van der Waals surface area contributed by atoms with Crippen molar-refractivity contribution in [2.75, 3.05) is 0 Å². The van der Waals surface area contributed by atoms with Crippen molar-refractivity contribution in [3.63, 3.8) is 0 Å². The molecular formula is C22H23FN2O4. The molecule has 3 N–H and O–H groups in total. The highest BCUT2D eigenvalue weighted by Gasteiger charge is 2.24. The summed E-state index contributed by atoms with van der Waals surface area (Å²) >= 11 is 0. The molecule has 0 aromatic heterocycles. The number of hydrogen-bond donors (Lipinski definition) is 3. The van der Waals surface area contributed by atoms with Gasteiger partial charge in [0.15, 0.2) is 0 Å². The van der Waals surface area contributed by atoms with E-state index < -0.39 is 29.6 Å². The lowest BCUT2D eigenvalue weighted by atomic mass is 10.0. The number of carboxylic acid groups (broad SMARTS) is 1. The van der Waals surface area contributed by atoms with Gasteiger partial charge in [0.1, 0.15) is 17.6 Å². The fourth-order valence-electron chi connectivity index (χ4n) is 2.60. The molecule has 0 aliphatic carbocycles. The van der Waals surface area contributed by atoms with Crippen LogP contribution in [0, 0.1) is 11.7 Å². The van der Waals surface area contributed by atoms with E-state index in [4.69, 9.17) is 0 Å². The van der Waals surface area contributed by atoms with Gasteiger partial charge < -0.3 is 15.7 Å². The van der Waals surface area contributed by atoms with Crippen LogP contribution in [0.5, 0.6) is 0 Å². The first-order chi connectivity index (χ1) is 13.8. The van der Waals surface area contributed by atoms with Gasteiger partial charge in [-0.3, -0.25) is 9.59 Å². The molecule has 0 fully saturated rings. The normalized spacial score (nSPS) is 12.3. The van der Waals surface area contributed by atoms with E-state index in [9.17, 15) is 23.9 Å². The number of carbonyl (C=O) groups is 3. The Morgan fingerprint density at radius 2 is 1.66 bits per heavy atom. The molecule has 2 aromatic carbocycles. The van der Waals surface area contributed by atoms with Crippen molar-refractivity contribution >= 4 is 23.9 Å². The number of amides is 2. The maximum Gasteiger partial charge on any atom is 0.326 e. The number of rotatable bonds is 8. The van der Waals surface area contributed by atoms with Gasteiger partial charge in [0, 0.05) is 5.56 Å². The lowest BCUT2D eigenvalue weighted by Crippen LogP contribution is -2.45. The fraction of sp³-hybridized carbons (Fsp3) is 0.227. The van der Waals surface area contributed by atoms with Crippen LogP contribution in [0.4, 0.5) is 4.39 Å². The summed E-state index contributed by atoms with van der Waals surface area (Å²) in [5.74, 6) is -2.83. The minimum Gasteiger partial charge on any atom is -0.480 e. The average Bonchev–Trinajstić information content (AvgIpc) is 2.68. The smallest absolute Gasteiger partial charge is 0.326 e. The van der Waals surface area contributed by atoms with Gasteiger partial charge in [0.25, 0.3) is 11.8 Å². The van der Waals surface area contributed by atoms with E-state index in [0.717, 1.165) is 0 Å². The van der Waals surface area contributed by atoms with Gasteiger partial charge in [-0.2, -0.15) is 0 Å². The zero-order chi connectivity index (χ0) is 21.4. The standard InChI is InChI=1S/C22H23FN2O4/c1-14(2)12-19(22(28)29)25-21(27)18(13-15-8-10-17(23)11-9-15)24-20(26)16-6-4-3-5-7-16/h3-11,13-14,19H,12H2,1-2H3,(H,24,26)(H,25,27)(H,28,29)/b18-13+/t19-/m1/s1. The summed E-state index contributed by atoms with van der Waals surface area (Å²) in [6, 6.07) is 12.5. The van der Waals surface area contributed by atoms with Crippen molar-refractivity contribution in [3.8, 4) is 0 Å². The van der Waals surface area contributed by atoms with Gasteiger partial charge in [-0.25, -0.2) is 9.18 Å². The topological polar surface area (TPSA) is 95.5 Å². The van der Waals surface area contributed by atoms with Crippen molar-refractivity contribution in [1.82, 2.24) is 10.6 Å². The van der Waals surface area contributed by atoms with Gasteiger partial charge in [-0.05, 0) is 48.2 Å². The Hall–Kier alpha value is -3.48. The predicted molar refractivity (Wildman–Crippen MR) is 107 cm³/mol. The maximum atomic E-state index is 13.2. The first-order valence-electron chi connectivity index (χ1n) is 9.13. The van der Waals surface area contributed by atoms with Crippen molar-refractivity contribution < 1.29 is 23.9 Å². The molecule has 0 saturated heterocycles. The van der Waals surface area contributed by atoms with E-state index >= 15 is 0 Å². The first kappa shape index (κ1) is 21.8. The third kappa shape index (κ3) is 6.88. The highest BCUT2D eigenvalue weighted by Crippen LogP contribution is 2.11. The molecule has 2 rings (SSSR count). The zero-order valence-corrected chi connectivity index (χ0v) is 16.2. The number of halogens is 1. The van der Waals surface area contributed by atoms with Crippen LogP contribution >= 0.6 is 0 Å². The SMILES string of the molecule is CC(C)C[C@@H](NC(=O)/C(=C\c1ccc(F)cc1)NC(=O)c1ccccc1)C(=O)O. The second-order valence-corrected chi connectivity index (χ2v) is 6.92. The second-order valence-electron chi connectivity index (χ2n) is 6.92. The highest BCUT2D eigenvalue weighted by atomic mass is 19.1. The molecule has 29 heavy (non-hydrogen) atoms. The summed E-state index contributed by atoms with van der Waals surface area (Å²) in [7, 11) is 0. The maximum absolute atomic E-state index is 13.2. The summed E-state index contributed by atoms with van der Waals surface area (Å²) in [4.78, 5) is 36.7. The molecule has 0 aliphatic heterocycles. The molecule has 6 nitrogen and oxygen atoms in total. The zero-order valence-electron chi connectivity index (χ0n) is 16.2. The van der Waals surface area contributed by atoms with Gasteiger partial charge in [0.05, 0.1) is 0 Å². The minimum atomic E-state index is -1.16. The van der Waals surface area contributed by atoms with E-state index in [1.807, 2.05) is 13.8 Å². The molecular weight excluding hydrogens is 375 g/mol. The van der Waals surface area contributed by atoms with E-state index in [2.05, 4.69) is 10.6 Å². The van der Waals surface area contributed by atoms with Crippen molar-refractivity contribution in [2.45, 2.75) is 26.3 Å². The van der Waals surface area contributed by atoms with Crippen LogP contribution in [0.1, 0.15) is 36.2 Å². The monoisotopic (exact) mass is 398 g/mol. The molecule has 0 bridgehead atoms. The Balaban J connectivity index is 2.30. The molecule has 0 radical (unpaired) electrons. The Morgan fingerprint density at radius 3 is 2.21 bits per heavy atom. The number of aliphatic carboxylic acids is 1. The molecule has 0 saturated carbocycles. The van der Waals surface area contributed by atoms with E-state index in [0.29, 0.717) is 11.1 Å². The molecule has 0 spiro atoms. The molecule has 0 unspecified atom stereocenters. The molecule has 2 amide bonds. The molecule has 152 valence electrons. The van der Waals surface area contributed by atoms with Crippen molar-refractivity contribution in [3.05, 3.63) is 77.2 Å². The lowest BCUT2D eigenvalue weighted by Gasteiger charge is -2.18. The number of hydrogen-bond acceptors (Lipinski definition) is 3. The molecule has 0 aliphatic rings. The van der Waals surface area contributed by atoms with Crippen LogP contribution in [0.3, 0.4) is 0 Å². The highest BCUT2D eigenvalue weighted by molar-refractivity contribution is 6.06. The quantitative estimate of drug-likeness (QED) is 0.595. The van der Waals surface area contributed by atoms with Crippen LogP contribution in [0.2, 0.25) is 0 Å². The number of benzene rings is 2. The van der Waals surface area contributed by atoms with Crippen LogP contribution < -0.4 is 10.6 Å². The Morgan fingerprint density at radius 1 is 1.03 bits per heavy atom. The van der Waals surface area contributed by atoms with Crippen LogP contribution in [0.15, 0.2) is 60.3 Å². The molecule has 0 heterocycles. The first-order valence-corrected chi connectivity index (χ1v) is 9.13. The van der Waals surface area contributed by atoms with Crippen LogP contribution in [-0.4, -0.2) is 28.9 Å². The summed E-state index contributed by atoms with van der Waals surface area (Å²) in [6.07, 6.45) is 1.60. The largest absolute Gasteiger partial charge is 0.480 e. The van der Waals surface area contributed by atoms with Crippen molar-refractivity contribution in [1.29, 1.82) is 0 Å². The number of nitrogens with one attached hydrogen (secondary N) is 2. The van der Waals surface area contributed by atoms with Gasteiger partial charge in [-0.15, -0.1) is 0 Å². The van der Waals surface area contributed by atoms with E-state index in [1.54, 1.807) is 30.3 Å². The second kappa shape index (κ2) is 10.2. The van der Waals surface area contributed by atoms with E-state index in [-0.39, 0.29) is 18.0 Å². The number of carbonyl (C=O) groups excluding carboxylic acids is 2. The Bertz CT molecular complexity index is 893. The minimum absolute atomic E-state index is 0.0415. The Kier molecular flexibility index (Phi) is 7.65. The third-order valence-electron chi connectivity index (χ3n) is 4.02. The number of carboxylic acids is 1. The third-order valence-corrected chi connectivity index (χ3v) is 4.02. The molecule has 7 heteroatoms. The summed E-state index contributed by atoms with van der Waals surface area (Å²) < 4.78 is 13.2.